The van der Waals surface area contributed by atoms with Gasteiger partial charge in [0.05, 0.1) is 5.92 Å². The molecule has 0 aromatic heterocycles. The predicted octanol–water partition coefficient (Wildman–Crippen LogP) is 3.70. The Morgan fingerprint density at radius 3 is 2.53 bits per heavy atom. The topological polar surface area (TPSA) is 43.1 Å². The van der Waals surface area contributed by atoms with Crippen LogP contribution in [0.1, 0.15) is 37.0 Å². The van der Waals surface area contributed by atoms with Crippen molar-refractivity contribution in [3.05, 3.63) is 59.3 Å². The van der Waals surface area contributed by atoms with E-state index in [0.717, 1.165) is 35.2 Å². The molecular formula is C17H21NO. The Balaban J connectivity index is 2.40. The van der Waals surface area contributed by atoms with Crippen molar-refractivity contribution in [1.82, 2.24) is 0 Å². The summed E-state index contributed by atoms with van der Waals surface area (Å²) in [4.78, 5) is 12.7. The van der Waals surface area contributed by atoms with Gasteiger partial charge in [-0.1, -0.05) is 48.1 Å². The summed E-state index contributed by atoms with van der Waals surface area (Å²) in [5, 5.41) is 0. The molecule has 0 aliphatic heterocycles. The zero-order valence-electron chi connectivity index (χ0n) is 11.6. The minimum atomic E-state index is -0.242. The Kier molecular flexibility index (Phi) is 3.89. The van der Waals surface area contributed by atoms with E-state index < -0.39 is 0 Å². The van der Waals surface area contributed by atoms with E-state index in [9.17, 15) is 4.79 Å². The van der Waals surface area contributed by atoms with Crippen LogP contribution in [0.4, 0.5) is 0 Å². The summed E-state index contributed by atoms with van der Waals surface area (Å²) < 4.78 is 0. The maximum absolute atomic E-state index is 12.7. The third-order valence-corrected chi connectivity index (χ3v) is 4.03. The molecule has 0 bridgehead atoms. The smallest absolute Gasteiger partial charge is 0.172 e. The summed E-state index contributed by atoms with van der Waals surface area (Å²) >= 11 is 0. The summed E-state index contributed by atoms with van der Waals surface area (Å²) in [5.74, 6) is 0.0372. The fourth-order valence-electron chi connectivity index (χ4n) is 2.80. The molecule has 0 amide bonds. The van der Waals surface area contributed by atoms with E-state index in [-0.39, 0.29) is 17.6 Å². The van der Waals surface area contributed by atoms with Crippen molar-refractivity contribution in [1.29, 1.82) is 0 Å². The summed E-state index contributed by atoms with van der Waals surface area (Å²) in [6.45, 7) is 8.05. The first-order valence-electron chi connectivity index (χ1n) is 6.72. The second kappa shape index (κ2) is 5.43. The van der Waals surface area contributed by atoms with Gasteiger partial charge in [0.25, 0.3) is 0 Å². The predicted molar refractivity (Wildman–Crippen MR) is 78.7 cm³/mol. The number of ketones is 1. The van der Waals surface area contributed by atoms with Crippen LogP contribution in [0.15, 0.2) is 53.8 Å². The quantitative estimate of drug-likeness (QED) is 0.661. The molecule has 0 saturated heterocycles. The van der Waals surface area contributed by atoms with Gasteiger partial charge in [0.2, 0.25) is 0 Å². The fraction of sp³-hybridized carbons (Fsp3) is 0.353. The molecular weight excluding hydrogens is 234 g/mol. The van der Waals surface area contributed by atoms with Gasteiger partial charge >= 0.3 is 0 Å². The number of rotatable bonds is 3. The Bertz CT molecular complexity index is 527. The van der Waals surface area contributed by atoms with E-state index in [1.807, 2.05) is 44.2 Å². The molecule has 1 aromatic carbocycles. The minimum absolute atomic E-state index is 0.116. The molecule has 1 aliphatic carbocycles. The second-order valence-electron chi connectivity index (χ2n) is 5.44. The summed E-state index contributed by atoms with van der Waals surface area (Å²) in [6.07, 6.45) is 1.92. The van der Waals surface area contributed by atoms with Crippen LogP contribution in [0.5, 0.6) is 0 Å². The van der Waals surface area contributed by atoms with Crippen LogP contribution in [0.2, 0.25) is 0 Å². The van der Waals surface area contributed by atoms with Gasteiger partial charge in [-0.25, -0.2) is 0 Å². The standard InChI is InChI=1S/C17H21NO/c1-11(2)14-10-9-12(3)16(18)15(14)17(19)13-7-5-4-6-8-13/h4-8,14-15H,1,9-10,18H2,2-3H3/t14-,15?/m0/s1. The molecule has 2 atom stereocenters. The van der Waals surface area contributed by atoms with E-state index in [1.54, 1.807) is 0 Å². The molecule has 100 valence electrons. The SMILES string of the molecule is C=C(C)[C@@H]1CCC(C)=C(N)C1C(=O)c1ccccc1. The summed E-state index contributed by atoms with van der Waals surface area (Å²) in [5.41, 5.74) is 9.87. The zero-order valence-corrected chi connectivity index (χ0v) is 11.6. The minimum Gasteiger partial charge on any atom is -0.401 e. The van der Waals surface area contributed by atoms with Gasteiger partial charge in [-0.05, 0) is 32.6 Å². The van der Waals surface area contributed by atoms with Gasteiger partial charge in [-0.2, -0.15) is 0 Å². The highest BCUT2D eigenvalue weighted by atomic mass is 16.1. The summed E-state index contributed by atoms with van der Waals surface area (Å²) in [7, 11) is 0. The average Bonchev–Trinajstić information content (AvgIpc) is 2.41. The first-order chi connectivity index (χ1) is 9.02. The van der Waals surface area contributed by atoms with Crippen LogP contribution >= 0.6 is 0 Å². The third-order valence-electron chi connectivity index (χ3n) is 4.03. The fourth-order valence-corrected chi connectivity index (χ4v) is 2.80. The lowest BCUT2D eigenvalue weighted by Gasteiger charge is -2.32. The van der Waals surface area contributed by atoms with E-state index in [4.69, 9.17) is 5.73 Å². The lowest BCUT2D eigenvalue weighted by molar-refractivity contribution is 0.0901. The molecule has 0 fully saturated rings. The molecule has 19 heavy (non-hydrogen) atoms. The Labute approximate surface area is 115 Å². The van der Waals surface area contributed by atoms with Gasteiger partial charge < -0.3 is 5.73 Å². The average molecular weight is 255 g/mol. The molecule has 0 saturated carbocycles. The van der Waals surface area contributed by atoms with Crippen LogP contribution in [0.25, 0.3) is 0 Å². The van der Waals surface area contributed by atoms with Gasteiger partial charge in [-0.15, -0.1) is 0 Å². The van der Waals surface area contributed by atoms with Crippen molar-refractivity contribution in [2.24, 2.45) is 17.6 Å². The summed E-state index contributed by atoms with van der Waals surface area (Å²) in [6, 6.07) is 9.40. The van der Waals surface area contributed by atoms with Crippen LogP contribution in [0.3, 0.4) is 0 Å². The number of carbonyl (C=O) groups is 1. The number of benzene rings is 1. The van der Waals surface area contributed by atoms with Crippen molar-refractivity contribution in [3.8, 4) is 0 Å². The highest BCUT2D eigenvalue weighted by molar-refractivity contribution is 6.00. The highest BCUT2D eigenvalue weighted by Crippen LogP contribution is 2.37. The molecule has 0 heterocycles. The first kappa shape index (κ1) is 13.6. The molecule has 0 radical (unpaired) electrons. The lowest BCUT2D eigenvalue weighted by atomic mass is 9.72. The Morgan fingerprint density at radius 2 is 1.95 bits per heavy atom. The van der Waals surface area contributed by atoms with Gasteiger partial charge in [0.1, 0.15) is 0 Å². The van der Waals surface area contributed by atoms with Gasteiger partial charge in [0.15, 0.2) is 5.78 Å². The van der Waals surface area contributed by atoms with Gasteiger partial charge in [0, 0.05) is 11.3 Å². The van der Waals surface area contributed by atoms with Crippen LogP contribution < -0.4 is 5.73 Å². The van der Waals surface area contributed by atoms with Gasteiger partial charge in [-0.3, -0.25) is 4.79 Å². The van der Waals surface area contributed by atoms with Crippen molar-refractivity contribution in [3.63, 3.8) is 0 Å². The second-order valence-corrected chi connectivity index (χ2v) is 5.44. The number of hydrogen-bond donors (Lipinski definition) is 1. The van der Waals surface area contributed by atoms with Crippen molar-refractivity contribution < 1.29 is 4.79 Å². The first-order valence-corrected chi connectivity index (χ1v) is 6.72. The Morgan fingerprint density at radius 1 is 1.32 bits per heavy atom. The molecule has 1 aliphatic rings. The lowest BCUT2D eigenvalue weighted by Crippen LogP contribution is -2.33. The maximum Gasteiger partial charge on any atom is 0.172 e. The van der Waals surface area contributed by atoms with E-state index in [1.165, 1.54) is 0 Å². The molecule has 2 N–H and O–H groups in total. The number of nitrogens with two attached hydrogens (primary N) is 1. The molecule has 0 spiro atoms. The maximum atomic E-state index is 12.7. The van der Waals surface area contributed by atoms with E-state index in [0.29, 0.717) is 0 Å². The van der Waals surface area contributed by atoms with Crippen molar-refractivity contribution in [2.45, 2.75) is 26.7 Å². The van der Waals surface area contributed by atoms with E-state index >= 15 is 0 Å². The number of allylic oxidation sites excluding steroid dienone is 3. The third kappa shape index (κ3) is 2.62. The molecule has 1 unspecified atom stereocenters. The van der Waals surface area contributed by atoms with Crippen LogP contribution in [0, 0.1) is 11.8 Å². The molecule has 1 aromatic rings. The van der Waals surface area contributed by atoms with Crippen molar-refractivity contribution in [2.75, 3.05) is 0 Å². The van der Waals surface area contributed by atoms with Crippen LogP contribution in [-0.4, -0.2) is 5.78 Å². The number of hydrogen-bond acceptors (Lipinski definition) is 2. The van der Waals surface area contributed by atoms with E-state index in [2.05, 4.69) is 6.58 Å². The molecule has 2 heteroatoms. The molecule has 2 nitrogen and oxygen atoms in total. The monoisotopic (exact) mass is 255 g/mol. The number of carbonyl (C=O) groups excluding carboxylic acids is 1. The highest BCUT2D eigenvalue weighted by Gasteiger charge is 2.35. The van der Waals surface area contributed by atoms with Crippen molar-refractivity contribution >= 4 is 5.78 Å². The largest absolute Gasteiger partial charge is 0.401 e. The van der Waals surface area contributed by atoms with Crippen LogP contribution in [-0.2, 0) is 0 Å². The normalized spacial score (nSPS) is 23.3. The Hall–Kier alpha value is -1.83. The zero-order chi connectivity index (χ0) is 14.0. The number of Topliss-reactive ketones (excluding diaryl/α,β-unsaturated/α-hetero) is 1. The molecule has 2 rings (SSSR count).